The maximum atomic E-state index is 11.8. The Kier molecular flexibility index (Phi) is 2.92. The third-order valence-electron chi connectivity index (χ3n) is 2.95. The van der Waals surface area contributed by atoms with Crippen LogP contribution in [0.4, 0.5) is 0 Å². The Balaban J connectivity index is 2.41. The van der Waals surface area contributed by atoms with Crippen LogP contribution in [0.15, 0.2) is 27.8 Å². The molecule has 0 saturated carbocycles. The molecule has 2 heterocycles. The van der Waals surface area contributed by atoms with Crippen LogP contribution in [-0.2, 0) is 7.05 Å². The first kappa shape index (κ1) is 13.0. The molecule has 0 saturated heterocycles. The second-order valence-electron chi connectivity index (χ2n) is 4.20. The number of fused-ring (bicyclic) bond motifs is 1. The normalized spacial score (nSPS) is 11.2. The highest BCUT2D eigenvalue weighted by atomic mass is 35.5. The number of halogens is 2. The summed E-state index contributed by atoms with van der Waals surface area (Å²) in [5.74, 6) is 0.335. The lowest BCUT2D eigenvalue weighted by Gasteiger charge is -2.02. The summed E-state index contributed by atoms with van der Waals surface area (Å²) in [5, 5.41) is 0.802. The molecule has 0 aliphatic heterocycles. The molecule has 0 atom stereocenters. The van der Waals surface area contributed by atoms with Crippen LogP contribution in [0.2, 0.25) is 10.0 Å². The van der Waals surface area contributed by atoms with Gasteiger partial charge in [0.1, 0.15) is 11.3 Å². The lowest BCUT2D eigenvalue weighted by atomic mass is 10.2. The van der Waals surface area contributed by atoms with Crippen molar-refractivity contribution in [2.24, 2.45) is 7.05 Å². The van der Waals surface area contributed by atoms with Crippen LogP contribution >= 0.6 is 23.2 Å². The van der Waals surface area contributed by atoms with Gasteiger partial charge in [-0.25, -0.2) is 9.78 Å². The first-order valence-electron chi connectivity index (χ1n) is 5.62. The number of aryl methyl sites for hydroxylation is 1. The van der Waals surface area contributed by atoms with E-state index in [2.05, 4.69) is 15.0 Å². The van der Waals surface area contributed by atoms with Crippen molar-refractivity contribution in [1.29, 1.82) is 0 Å². The van der Waals surface area contributed by atoms with E-state index < -0.39 is 11.2 Å². The Bertz CT molecular complexity index is 919. The van der Waals surface area contributed by atoms with Crippen LogP contribution in [0.25, 0.3) is 22.6 Å². The van der Waals surface area contributed by atoms with Gasteiger partial charge >= 0.3 is 5.69 Å². The van der Waals surface area contributed by atoms with Gasteiger partial charge in [0.2, 0.25) is 0 Å². The zero-order valence-corrected chi connectivity index (χ0v) is 11.7. The number of nitrogens with one attached hydrogen (secondary N) is 2. The number of hydrogen-bond donors (Lipinski definition) is 2. The van der Waals surface area contributed by atoms with Crippen LogP contribution in [0, 0.1) is 0 Å². The number of nitrogens with zero attached hydrogens (tertiary/aromatic N) is 2. The summed E-state index contributed by atoms with van der Waals surface area (Å²) in [7, 11) is 1.51. The number of aromatic nitrogens is 4. The first-order valence-corrected chi connectivity index (χ1v) is 6.38. The fourth-order valence-corrected chi connectivity index (χ4v) is 2.52. The van der Waals surface area contributed by atoms with Gasteiger partial charge in [0, 0.05) is 7.05 Å². The van der Waals surface area contributed by atoms with Crippen LogP contribution < -0.4 is 11.2 Å². The standard InChI is InChI=1S/C12H8Cl2N4O2/c1-18-10-8(11(19)17-12(18)20)15-9(16-10)7-5(13)3-2-4-6(7)14/h2-4H,1H3,(H,15,16)(H,17,19,20). The molecule has 0 aliphatic carbocycles. The summed E-state index contributed by atoms with van der Waals surface area (Å²) in [6.07, 6.45) is 0. The molecular weight excluding hydrogens is 303 g/mol. The van der Waals surface area contributed by atoms with Gasteiger partial charge in [-0.3, -0.25) is 14.3 Å². The van der Waals surface area contributed by atoms with Gasteiger partial charge in [-0.1, -0.05) is 29.3 Å². The SMILES string of the molecule is Cn1c(=O)[nH]c(=O)c2[nH]c(-c3c(Cl)cccc3Cl)nc21. The first-order chi connectivity index (χ1) is 9.49. The highest BCUT2D eigenvalue weighted by molar-refractivity contribution is 6.39. The van der Waals surface area contributed by atoms with Gasteiger partial charge in [0.05, 0.1) is 15.6 Å². The lowest BCUT2D eigenvalue weighted by Crippen LogP contribution is -2.28. The Morgan fingerprint density at radius 1 is 1.15 bits per heavy atom. The van der Waals surface area contributed by atoms with Crippen molar-refractivity contribution in [2.45, 2.75) is 0 Å². The van der Waals surface area contributed by atoms with Gasteiger partial charge in [-0.2, -0.15) is 0 Å². The molecule has 0 fully saturated rings. The summed E-state index contributed by atoms with van der Waals surface area (Å²) in [4.78, 5) is 32.6. The summed E-state index contributed by atoms with van der Waals surface area (Å²) in [6, 6.07) is 5.04. The molecule has 3 aromatic rings. The number of benzene rings is 1. The van der Waals surface area contributed by atoms with Crippen molar-refractivity contribution < 1.29 is 0 Å². The Hall–Kier alpha value is -2.05. The number of imidazole rings is 1. The van der Waals surface area contributed by atoms with Gasteiger partial charge in [-0.15, -0.1) is 0 Å². The monoisotopic (exact) mass is 310 g/mol. The largest absolute Gasteiger partial charge is 0.332 e. The number of aromatic amines is 2. The minimum atomic E-state index is -0.537. The number of rotatable bonds is 1. The van der Waals surface area contributed by atoms with E-state index in [1.54, 1.807) is 18.2 Å². The quantitative estimate of drug-likeness (QED) is 0.720. The maximum Gasteiger partial charge on any atom is 0.329 e. The molecule has 0 amide bonds. The molecule has 1 aromatic carbocycles. The zero-order chi connectivity index (χ0) is 14.4. The molecule has 0 unspecified atom stereocenters. The van der Waals surface area contributed by atoms with Gasteiger partial charge in [-0.05, 0) is 12.1 Å². The van der Waals surface area contributed by atoms with E-state index in [1.807, 2.05) is 0 Å². The van der Waals surface area contributed by atoms with Gasteiger partial charge in [0.25, 0.3) is 5.56 Å². The molecule has 20 heavy (non-hydrogen) atoms. The zero-order valence-electron chi connectivity index (χ0n) is 10.2. The smallest absolute Gasteiger partial charge is 0.329 e. The fraction of sp³-hybridized carbons (Fsp3) is 0.0833. The molecule has 3 rings (SSSR count). The summed E-state index contributed by atoms with van der Waals surface area (Å²) in [5.41, 5.74) is -0.155. The molecule has 102 valence electrons. The van der Waals surface area contributed by atoms with E-state index in [0.29, 0.717) is 21.4 Å². The molecule has 6 nitrogen and oxygen atoms in total. The van der Waals surface area contributed by atoms with Crippen molar-refractivity contribution in [3.05, 3.63) is 49.1 Å². The van der Waals surface area contributed by atoms with Crippen molar-refractivity contribution in [2.75, 3.05) is 0 Å². The second-order valence-corrected chi connectivity index (χ2v) is 5.01. The van der Waals surface area contributed by atoms with E-state index in [-0.39, 0.29) is 11.2 Å². The number of H-pyrrole nitrogens is 2. The molecule has 2 N–H and O–H groups in total. The fourth-order valence-electron chi connectivity index (χ4n) is 1.95. The Morgan fingerprint density at radius 2 is 1.80 bits per heavy atom. The van der Waals surface area contributed by atoms with E-state index in [1.165, 1.54) is 11.6 Å². The highest BCUT2D eigenvalue weighted by Gasteiger charge is 2.16. The molecular formula is C12H8Cl2N4O2. The maximum absolute atomic E-state index is 11.8. The molecule has 0 radical (unpaired) electrons. The Labute approximate surface area is 122 Å². The molecule has 0 bridgehead atoms. The molecule has 0 aliphatic rings. The van der Waals surface area contributed by atoms with Crippen LogP contribution in [0.5, 0.6) is 0 Å². The molecule has 0 spiro atoms. The molecule has 8 heteroatoms. The third kappa shape index (κ3) is 1.85. The average Bonchev–Trinajstić information content (AvgIpc) is 2.81. The van der Waals surface area contributed by atoms with E-state index in [4.69, 9.17) is 23.2 Å². The topological polar surface area (TPSA) is 83.5 Å². The number of hydrogen-bond acceptors (Lipinski definition) is 3. The minimum Gasteiger partial charge on any atom is -0.332 e. The highest BCUT2D eigenvalue weighted by Crippen LogP contribution is 2.33. The summed E-state index contributed by atoms with van der Waals surface area (Å²) >= 11 is 12.2. The summed E-state index contributed by atoms with van der Waals surface area (Å²) < 4.78 is 1.24. The van der Waals surface area contributed by atoms with Gasteiger partial charge in [0.15, 0.2) is 5.65 Å². The van der Waals surface area contributed by atoms with E-state index >= 15 is 0 Å². The summed E-state index contributed by atoms with van der Waals surface area (Å²) in [6.45, 7) is 0. The molecule has 2 aromatic heterocycles. The predicted octanol–water partition coefficient (Wildman–Crippen LogP) is 1.92. The van der Waals surface area contributed by atoms with Crippen LogP contribution in [-0.4, -0.2) is 19.5 Å². The van der Waals surface area contributed by atoms with Crippen molar-refractivity contribution in [3.63, 3.8) is 0 Å². The van der Waals surface area contributed by atoms with Crippen molar-refractivity contribution in [3.8, 4) is 11.4 Å². The van der Waals surface area contributed by atoms with Gasteiger partial charge < -0.3 is 4.98 Å². The minimum absolute atomic E-state index is 0.193. The predicted molar refractivity (Wildman–Crippen MR) is 77.4 cm³/mol. The van der Waals surface area contributed by atoms with Crippen LogP contribution in [0.1, 0.15) is 0 Å². The van der Waals surface area contributed by atoms with E-state index in [0.717, 1.165) is 0 Å². The third-order valence-corrected chi connectivity index (χ3v) is 3.58. The van der Waals surface area contributed by atoms with Crippen molar-refractivity contribution >= 4 is 34.4 Å². The van der Waals surface area contributed by atoms with Crippen LogP contribution in [0.3, 0.4) is 0 Å². The average molecular weight is 311 g/mol. The lowest BCUT2D eigenvalue weighted by molar-refractivity contribution is 0.832. The second kappa shape index (κ2) is 4.50. The van der Waals surface area contributed by atoms with Crippen molar-refractivity contribution in [1.82, 2.24) is 19.5 Å². The van der Waals surface area contributed by atoms with E-state index in [9.17, 15) is 9.59 Å². The Morgan fingerprint density at radius 3 is 2.45 bits per heavy atom.